The van der Waals surface area contributed by atoms with E-state index in [1.165, 1.54) is 16.7 Å². The summed E-state index contributed by atoms with van der Waals surface area (Å²) in [6.45, 7) is 2.66. The van der Waals surface area contributed by atoms with Crippen molar-refractivity contribution in [3.63, 3.8) is 0 Å². The number of nitrogens with zero attached hydrogens (tertiary/aromatic N) is 3. The zero-order valence-corrected chi connectivity index (χ0v) is 24.5. The number of anilines is 3. The molecular formula is C31H43N3O6. The molecule has 40 heavy (non-hydrogen) atoms. The van der Waals surface area contributed by atoms with Gasteiger partial charge in [0.1, 0.15) is 40.4 Å². The number of benzene rings is 3. The van der Waals surface area contributed by atoms with Gasteiger partial charge in [-0.25, -0.2) is 0 Å². The van der Waals surface area contributed by atoms with Gasteiger partial charge in [0.25, 0.3) is 0 Å². The zero-order valence-electron chi connectivity index (χ0n) is 24.5. The number of rotatable bonds is 18. The number of hydrogen-bond donors (Lipinski definition) is 0. The Labute approximate surface area is 238 Å². The predicted molar refractivity (Wildman–Crippen MR) is 159 cm³/mol. The first-order valence-corrected chi connectivity index (χ1v) is 13.1. The van der Waals surface area contributed by atoms with Crippen LogP contribution in [0.4, 0.5) is 17.1 Å². The third-order valence-corrected chi connectivity index (χ3v) is 6.48. The van der Waals surface area contributed by atoms with Crippen molar-refractivity contribution in [3.8, 4) is 0 Å². The van der Waals surface area contributed by atoms with Gasteiger partial charge < -0.3 is 43.1 Å². The summed E-state index contributed by atoms with van der Waals surface area (Å²) in [5, 5.41) is 0. The fourth-order valence-electron chi connectivity index (χ4n) is 4.70. The highest BCUT2D eigenvalue weighted by atomic mass is 16.5. The average molecular weight is 554 g/mol. The van der Waals surface area contributed by atoms with E-state index in [9.17, 15) is 0 Å². The fourth-order valence-corrected chi connectivity index (χ4v) is 4.70. The molecule has 218 valence electrons. The molecule has 0 saturated heterocycles. The minimum atomic E-state index is 0.0204. The Kier molecular flexibility index (Phi) is 13.2. The SMILES string of the molecule is COCN(COC)c1ccc(C(c2ccc(N(COC)COC)cc2)c2ccc(N(COC)COC)cc2)cc1. The lowest BCUT2D eigenvalue weighted by Crippen LogP contribution is -2.27. The summed E-state index contributed by atoms with van der Waals surface area (Å²) in [5.41, 5.74) is 6.62. The lowest BCUT2D eigenvalue weighted by Gasteiger charge is -2.26. The number of methoxy groups -OCH3 is 6. The van der Waals surface area contributed by atoms with E-state index in [-0.39, 0.29) is 5.92 Å². The second-order valence-corrected chi connectivity index (χ2v) is 9.33. The highest BCUT2D eigenvalue weighted by Crippen LogP contribution is 2.35. The van der Waals surface area contributed by atoms with Gasteiger partial charge in [0, 0.05) is 65.6 Å². The molecule has 0 fully saturated rings. The molecule has 3 rings (SSSR count). The van der Waals surface area contributed by atoms with Crippen LogP contribution in [0.3, 0.4) is 0 Å². The number of hydrogen-bond acceptors (Lipinski definition) is 9. The molecule has 9 nitrogen and oxygen atoms in total. The van der Waals surface area contributed by atoms with Crippen molar-refractivity contribution < 1.29 is 28.4 Å². The molecule has 0 spiro atoms. The molecule has 9 heteroatoms. The van der Waals surface area contributed by atoms with Gasteiger partial charge in [0.2, 0.25) is 0 Å². The maximum atomic E-state index is 5.36. The van der Waals surface area contributed by atoms with Crippen molar-refractivity contribution in [2.75, 3.05) is 97.7 Å². The van der Waals surface area contributed by atoms with E-state index in [2.05, 4.69) is 72.8 Å². The van der Waals surface area contributed by atoms with E-state index in [4.69, 9.17) is 28.4 Å². The van der Waals surface area contributed by atoms with Crippen molar-refractivity contribution in [1.29, 1.82) is 0 Å². The molecule has 0 heterocycles. The van der Waals surface area contributed by atoms with E-state index in [1.807, 2.05) is 14.7 Å². The second-order valence-electron chi connectivity index (χ2n) is 9.33. The Bertz CT molecular complexity index is 936. The molecule has 0 aliphatic heterocycles. The Morgan fingerprint density at radius 1 is 0.375 bits per heavy atom. The standard InChI is InChI=1S/C31H43N3O6/c1-35-19-32(20-36-2)28-13-7-25(8-14-28)31(26-9-15-29(16-10-26)33(21-37-3)22-38-4)27-11-17-30(18-12-27)34(23-39-5)24-40-6/h7-18,31H,19-24H2,1-6H3. The van der Waals surface area contributed by atoms with Crippen molar-refractivity contribution in [3.05, 3.63) is 89.5 Å². The first-order valence-electron chi connectivity index (χ1n) is 13.1. The van der Waals surface area contributed by atoms with Crippen LogP contribution in [0.25, 0.3) is 0 Å². The summed E-state index contributed by atoms with van der Waals surface area (Å²) in [6, 6.07) is 25.7. The molecule has 0 bridgehead atoms. The van der Waals surface area contributed by atoms with Gasteiger partial charge in [-0.3, -0.25) is 0 Å². The van der Waals surface area contributed by atoms with Crippen molar-refractivity contribution in [2.24, 2.45) is 0 Å². The van der Waals surface area contributed by atoms with E-state index >= 15 is 0 Å². The van der Waals surface area contributed by atoms with E-state index in [0.717, 1.165) is 17.1 Å². The van der Waals surface area contributed by atoms with Crippen LogP contribution in [-0.4, -0.2) is 83.0 Å². The molecule has 0 aromatic heterocycles. The molecule has 0 atom stereocenters. The van der Waals surface area contributed by atoms with Crippen molar-refractivity contribution >= 4 is 17.1 Å². The van der Waals surface area contributed by atoms with Gasteiger partial charge in [-0.05, 0) is 53.1 Å². The van der Waals surface area contributed by atoms with Crippen LogP contribution in [-0.2, 0) is 28.4 Å². The van der Waals surface area contributed by atoms with Gasteiger partial charge in [0.15, 0.2) is 0 Å². The quantitative estimate of drug-likeness (QED) is 0.162. The first-order chi connectivity index (χ1) is 19.6. The average Bonchev–Trinajstić information content (AvgIpc) is 2.98. The van der Waals surface area contributed by atoms with Gasteiger partial charge >= 0.3 is 0 Å². The van der Waals surface area contributed by atoms with E-state index in [1.54, 1.807) is 42.7 Å². The largest absolute Gasteiger partial charge is 0.364 e. The fraction of sp³-hybridized carbons (Fsp3) is 0.419. The van der Waals surface area contributed by atoms with Crippen molar-refractivity contribution in [2.45, 2.75) is 5.92 Å². The molecule has 3 aromatic rings. The summed E-state index contributed by atoms with van der Waals surface area (Å²) in [7, 11) is 10.1. The summed E-state index contributed by atoms with van der Waals surface area (Å²) in [5.74, 6) is 0.0204. The van der Waals surface area contributed by atoms with Crippen LogP contribution < -0.4 is 14.7 Å². The summed E-state index contributed by atoms with van der Waals surface area (Å²) in [4.78, 5) is 6.09. The molecule has 0 radical (unpaired) electrons. The molecule has 0 amide bonds. The lowest BCUT2D eigenvalue weighted by molar-refractivity contribution is 0.140. The van der Waals surface area contributed by atoms with Crippen LogP contribution >= 0.6 is 0 Å². The smallest absolute Gasteiger partial charge is 0.120 e. The van der Waals surface area contributed by atoms with Crippen LogP contribution in [0.15, 0.2) is 72.8 Å². The monoisotopic (exact) mass is 553 g/mol. The minimum absolute atomic E-state index is 0.0204. The minimum Gasteiger partial charge on any atom is -0.364 e. The number of ether oxygens (including phenoxy) is 6. The van der Waals surface area contributed by atoms with Gasteiger partial charge in [-0.1, -0.05) is 36.4 Å². The maximum absolute atomic E-state index is 5.36. The van der Waals surface area contributed by atoms with Gasteiger partial charge in [-0.2, -0.15) is 0 Å². The van der Waals surface area contributed by atoms with E-state index < -0.39 is 0 Å². The Balaban J connectivity index is 2.00. The van der Waals surface area contributed by atoms with Crippen LogP contribution in [0, 0.1) is 0 Å². The van der Waals surface area contributed by atoms with Crippen LogP contribution in [0.1, 0.15) is 22.6 Å². The highest BCUT2D eigenvalue weighted by molar-refractivity contribution is 5.55. The normalized spacial score (nSPS) is 11.2. The zero-order chi connectivity index (χ0) is 28.7. The molecule has 0 aliphatic rings. The topological polar surface area (TPSA) is 65.1 Å². The predicted octanol–water partition coefficient (Wildman–Crippen LogP) is 4.91. The van der Waals surface area contributed by atoms with E-state index in [0.29, 0.717) is 40.4 Å². The Hall–Kier alpha value is -3.18. The second kappa shape index (κ2) is 16.8. The highest BCUT2D eigenvalue weighted by Gasteiger charge is 2.19. The summed E-state index contributed by atoms with van der Waals surface area (Å²) >= 11 is 0. The third-order valence-electron chi connectivity index (χ3n) is 6.48. The summed E-state index contributed by atoms with van der Waals surface area (Å²) in [6.07, 6.45) is 0. The molecular weight excluding hydrogens is 510 g/mol. The molecule has 0 N–H and O–H groups in total. The first kappa shape index (κ1) is 31.3. The molecule has 0 saturated carbocycles. The molecule has 0 aliphatic carbocycles. The van der Waals surface area contributed by atoms with Crippen molar-refractivity contribution in [1.82, 2.24) is 0 Å². The van der Waals surface area contributed by atoms with Gasteiger partial charge in [0.05, 0.1) is 0 Å². The maximum Gasteiger partial charge on any atom is 0.120 e. The summed E-state index contributed by atoms with van der Waals surface area (Å²) < 4.78 is 32.2. The molecule has 0 unspecified atom stereocenters. The van der Waals surface area contributed by atoms with Gasteiger partial charge in [-0.15, -0.1) is 0 Å². The van der Waals surface area contributed by atoms with Crippen LogP contribution in [0.5, 0.6) is 0 Å². The third kappa shape index (κ3) is 8.41. The Morgan fingerprint density at radius 3 is 0.750 bits per heavy atom. The Morgan fingerprint density at radius 2 is 0.575 bits per heavy atom. The van der Waals surface area contributed by atoms with Crippen LogP contribution in [0.2, 0.25) is 0 Å². The molecule has 3 aromatic carbocycles. The lowest BCUT2D eigenvalue weighted by atomic mass is 9.85.